The van der Waals surface area contributed by atoms with Crippen molar-refractivity contribution in [3.05, 3.63) is 0 Å². The first kappa shape index (κ1) is 20.8. The molecule has 0 saturated carbocycles. The fraction of sp³-hybridized carbons (Fsp3) is 1.00. The number of unbranched alkanes of at least 4 members (excludes halogenated alkanes) is 5. The van der Waals surface area contributed by atoms with Crippen molar-refractivity contribution in [3.8, 4) is 0 Å². The summed E-state index contributed by atoms with van der Waals surface area (Å²) in [5.41, 5.74) is 0. The molecule has 0 saturated heterocycles. The lowest BCUT2D eigenvalue weighted by molar-refractivity contribution is 0.156. The summed E-state index contributed by atoms with van der Waals surface area (Å²) in [5, 5.41) is 8.67. The van der Waals surface area contributed by atoms with Gasteiger partial charge in [-0.2, -0.15) is 8.42 Å². The smallest absolute Gasteiger partial charge is 0.396 e. The molecule has 0 rings (SSSR count). The molecule has 6 heteroatoms. The molecule has 1 unspecified atom stereocenters. The Balaban J connectivity index is 3.88. The van der Waals surface area contributed by atoms with Gasteiger partial charge >= 0.3 is 10.4 Å². The zero-order chi connectivity index (χ0) is 16.1. The van der Waals surface area contributed by atoms with Gasteiger partial charge in [-0.15, -0.1) is 0 Å². The molecule has 1 atom stereocenters. The van der Waals surface area contributed by atoms with Crippen LogP contribution in [-0.2, 0) is 14.6 Å². The Morgan fingerprint density at radius 3 is 1.90 bits per heavy atom. The fourth-order valence-electron chi connectivity index (χ4n) is 2.36. The maximum Gasteiger partial charge on any atom is 0.397 e. The summed E-state index contributed by atoms with van der Waals surface area (Å²) >= 11 is 0. The van der Waals surface area contributed by atoms with E-state index in [1.807, 2.05) is 0 Å². The monoisotopic (exact) mass is 324 g/mol. The molecule has 0 bridgehead atoms. The van der Waals surface area contributed by atoms with Crippen LogP contribution in [0, 0.1) is 5.92 Å². The van der Waals surface area contributed by atoms with E-state index in [0.717, 1.165) is 51.4 Å². The quantitative estimate of drug-likeness (QED) is 0.376. The molecule has 0 amide bonds. The van der Waals surface area contributed by atoms with E-state index in [1.165, 1.54) is 0 Å². The van der Waals surface area contributed by atoms with Gasteiger partial charge in [0.2, 0.25) is 0 Å². The van der Waals surface area contributed by atoms with Crippen LogP contribution in [0.2, 0.25) is 0 Å². The average Bonchev–Trinajstić information content (AvgIpc) is 2.35. The highest BCUT2D eigenvalue weighted by Crippen LogP contribution is 2.18. The van der Waals surface area contributed by atoms with Crippen LogP contribution in [0.4, 0.5) is 0 Å². The Hall–Kier alpha value is -0.170. The van der Waals surface area contributed by atoms with Gasteiger partial charge < -0.3 is 5.11 Å². The molecule has 128 valence electrons. The SMILES string of the molecule is CC(C)CCCC(CCCCCCCCO)OS(=O)(=O)O. The highest BCUT2D eigenvalue weighted by atomic mass is 32.3. The topological polar surface area (TPSA) is 83.8 Å². The van der Waals surface area contributed by atoms with E-state index in [0.29, 0.717) is 18.8 Å². The van der Waals surface area contributed by atoms with Crippen LogP contribution in [-0.4, -0.2) is 30.8 Å². The first-order chi connectivity index (χ1) is 9.85. The van der Waals surface area contributed by atoms with E-state index >= 15 is 0 Å². The minimum atomic E-state index is -4.36. The van der Waals surface area contributed by atoms with Gasteiger partial charge in [0.05, 0.1) is 6.10 Å². The highest BCUT2D eigenvalue weighted by Gasteiger charge is 2.16. The Morgan fingerprint density at radius 1 is 0.857 bits per heavy atom. The Labute approximate surface area is 130 Å². The summed E-state index contributed by atoms with van der Waals surface area (Å²) in [6.45, 7) is 4.51. The van der Waals surface area contributed by atoms with Crippen molar-refractivity contribution in [1.29, 1.82) is 0 Å². The number of hydrogen-bond acceptors (Lipinski definition) is 4. The summed E-state index contributed by atoms with van der Waals surface area (Å²) < 4.78 is 35.3. The van der Waals surface area contributed by atoms with Crippen LogP contribution in [0.15, 0.2) is 0 Å². The average molecular weight is 324 g/mol. The van der Waals surface area contributed by atoms with Crippen molar-refractivity contribution in [2.45, 2.75) is 84.2 Å². The normalized spacial score (nSPS) is 13.8. The molecule has 0 aliphatic heterocycles. The number of rotatable bonds is 14. The third-order valence-electron chi connectivity index (χ3n) is 3.50. The first-order valence-corrected chi connectivity index (χ1v) is 9.48. The van der Waals surface area contributed by atoms with E-state index in [2.05, 4.69) is 13.8 Å². The van der Waals surface area contributed by atoms with Crippen LogP contribution in [0.25, 0.3) is 0 Å². The van der Waals surface area contributed by atoms with Gasteiger partial charge in [-0.1, -0.05) is 58.8 Å². The molecule has 0 radical (unpaired) electrons. The Bertz CT molecular complexity index is 327. The van der Waals surface area contributed by atoms with Crippen LogP contribution in [0.3, 0.4) is 0 Å². The van der Waals surface area contributed by atoms with Crippen LogP contribution >= 0.6 is 0 Å². The Kier molecular flexibility index (Phi) is 12.3. The number of aliphatic hydroxyl groups is 1. The lowest BCUT2D eigenvalue weighted by Crippen LogP contribution is -2.18. The van der Waals surface area contributed by atoms with E-state index in [1.54, 1.807) is 0 Å². The summed E-state index contributed by atoms with van der Waals surface area (Å²) in [7, 11) is -4.36. The summed E-state index contributed by atoms with van der Waals surface area (Å²) in [6.07, 6.45) is 8.88. The van der Waals surface area contributed by atoms with Crippen LogP contribution < -0.4 is 0 Å². The van der Waals surface area contributed by atoms with E-state index in [4.69, 9.17) is 13.8 Å². The second-order valence-corrected chi connectivity index (χ2v) is 7.15. The third kappa shape index (κ3) is 16.0. The number of hydrogen-bond donors (Lipinski definition) is 2. The van der Waals surface area contributed by atoms with E-state index in [9.17, 15) is 8.42 Å². The van der Waals surface area contributed by atoms with Crippen molar-refractivity contribution in [1.82, 2.24) is 0 Å². The summed E-state index contributed by atoms with van der Waals surface area (Å²) in [6, 6.07) is 0. The first-order valence-electron chi connectivity index (χ1n) is 8.11. The maximum atomic E-state index is 10.9. The largest absolute Gasteiger partial charge is 0.397 e. The molecule has 0 heterocycles. The predicted octanol–water partition coefficient (Wildman–Crippen LogP) is 3.72. The molecule has 21 heavy (non-hydrogen) atoms. The minimum absolute atomic E-state index is 0.250. The number of aliphatic hydroxyl groups excluding tert-OH is 1. The van der Waals surface area contributed by atoms with Crippen LogP contribution in [0.5, 0.6) is 0 Å². The molecular formula is C15H32O5S. The Morgan fingerprint density at radius 2 is 1.38 bits per heavy atom. The van der Waals surface area contributed by atoms with Gasteiger partial charge in [-0.05, 0) is 25.2 Å². The summed E-state index contributed by atoms with van der Waals surface area (Å²) in [5.74, 6) is 0.586. The molecule has 0 aromatic carbocycles. The van der Waals surface area contributed by atoms with E-state index in [-0.39, 0.29) is 6.61 Å². The summed E-state index contributed by atoms with van der Waals surface area (Å²) in [4.78, 5) is 0. The minimum Gasteiger partial charge on any atom is -0.396 e. The molecule has 0 aromatic rings. The third-order valence-corrected chi connectivity index (χ3v) is 4.01. The molecule has 2 N–H and O–H groups in total. The van der Waals surface area contributed by atoms with Crippen molar-refractivity contribution < 1.29 is 22.3 Å². The van der Waals surface area contributed by atoms with Crippen molar-refractivity contribution in [3.63, 3.8) is 0 Å². The zero-order valence-corrected chi connectivity index (χ0v) is 14.3. The van der Waals surface area contributed by atoms with Crippen molar-refractivity contribution >= 4 is 10.4 Å². The molecular weight excluding hydrogens is 292 g/mol. The second-order valence-electron chi connectivity index (χ2n) is 6.10. The van der Waals surface area contributed by atoms with Gasteiger partial charge in [0.25, 0.3) is 0 Å². The standard InChI is InChI=1S/C15H32O5S/c1-14(2)10-9-12-15(20-21(17,18)19)11-7-5-3-4-6-8-13-16/h14-16H,3-13H2,1-2H3,(H,17,18,19). The van der Waals surface area contributed by atoms with Crippen molar-refractivity contribution in [2.24, 2.45) is 5.92 Å². The lowest BCUT2D eigenvalue weighted by Gasteiger charge is -2.16. The van der Waals surface area contributed by atoms with E-state index < -0.39 is 16.5 Å². The van der Waals surface area contributed by atoms with Gasteiger partial charge in [-0.25, -0.2) is 4.18 Å². The van der Waals surface area contributed by atoms with Gasteiger partial charge in [0, 0.05) is 6.61 Å². The van der Waals surface area contributed by atoms with Gasteiger partial charge in [-0.3, -0.25) is 4.55 Å². The highest BCUT2D eigenvalue weighted by molar-refractivity contribution is 7.80. The molecule has 5 nitrogen and oxygen atoms in total. The van der Waals surface area contributed by atoms with Crippen molar-refractivity contribution in [2.75, 3.05) is 6.61 Å². The lowest BCUT2D eigenvalue weighted by atomic mass is 10.0. The molecule has 0 spiro atoms. The molecule has 0 fully saturated rings. The second kappa shape index (κ2) is 12.4. The maximum absolute atomic E-state index is 10.9. The van der Waals surface area contributed by atoms with Crippen LogP contribution in [0.1, 0.15) is 78.1 Å². The molecule has 0 aliphatic carbocycles. The predicted molar refractivity (Wildman–Crippen MR) is 84.5 cm³/mol. The molecule has 0 aromatic heterocycles. The van der Waals surface area contributed by atoms with Gasteiger partial charge in [0.15, 0.2) is 0 Å². The van der Waals surface area contributed by atoms with Gasteiger partial charge in [0.1, 0.15) is 0 Å². The zero-order valence-electron chi connectivity index (χ0n) is 13.5. The molecule has 0 aliphatic rings. The fourth-order valence-corrected chi connectivity index (χ4v) is 2.89.